The molecule has 19 heavy (non-hydrogen) atoms. The lowest BCUT2D eigenvalue weighted by atomic mass is 10.1. The maximum atomic E-state index is 12.1. The number of amides is 1. The number of nitrogens with one attached hydrogen (secondary N) is 2. The minimum atomic E-state index is -0.0542. The van der Waals surface area contributed by atoms with Crippen molar-refractivity contribution >= 4 is 40.1 Å². The first-order valence-corrected chi connectivity index (χ1v) is 7.74. The van der Waals surface area contributed by atoms with Crippen LogP contribution >= 0.6 is 34.2 Å². The summed E-state index contributed by atoms with van der Waals surface area (Å²) in [5, 5.41) is 6.81. The summed E-state index contributed by atoms with van der Waals surface area (Å²) in [6, 6.07) is 5.36. The van der Waals surface area contributed by atoms with Crippen molar-refractivity contribution in [2.75, 3.05) is 19.6 Å². The zero-order valence-corrected chi connectivity index (χ0v) is 13.4. The van der Waals surface area contributed by atoms with Crippen LogP contribution in [0.4, 0.5) is 0 Å². The Labute approximate surface area is 131 Å². The molecule has 1 aliphatic heterocycles. The smallest absolute Gasteiger partial charge is 0.252 e. The molecule has 1 aromatic carbocycles. The highest BCUT2D eigenvalue weighted by Crippen LogP contribution is 2.18. The fourth-order valence-corrected chi connectivity index (χ4v) is 2.75. The molecule has 2 rings (SSSR count). The third-order valence-corrected chi connectivity index (χ3v) is 4.24. The lowest BCUT2D eigenvalue weighted by Gasteiger charge is -2.14. The molecule has 0 bridgehead atoms. The molecule has 0 atom stereocenters. The van der Waals surface area contributed by atoms with Gasteiger partial charge < -0.3 is 10.6 Å². The number of carbonyl (C=O) groups excluding carboxylic acids is 1. The van der Waals surface area contributed by atoms with Gasteiger partial charge in [0.05, 0.1) is 5.56 Å². The van der Waals surface area contributed by atoms with E-state index in [9.17, 15) is 4.79 Å². The largest absolute Gasteiger partial charge is 0.352 e. The molecular formula is C14H16ClIN2O. The summed E-state index contributed by atoms with van der Waals surface area (Å²) in [5.41, 5.74) is 2.06. The average Bonchev–Trinajstić information content (AvgIpc) is 2.42. The summed E-state index contributed by atoms with van der Waals surface area (Å²) in [5.74, 6) is -0.0542. The third-order valence-electron chi connectivity index (χ3n) is 3.06. The Kier molecular flexibility index (Phi) is 5.66. The molecule has 0 saturated heterocycles. The maximum Gasteiger partial charge on any atom is 0.252 e. The monoisotopic (exact) mass is 390 g/mol. The molecule has 1 amide bonds. The van der Waals surface area contributed by atoms with Crippen LogP contribution in [0, 0.1) is 3.57 Å². The number of carbonyl (C=O) groups is 1. The SMILES string of the molecule is O=C(NCCC1=CCNCC1)c1cc(Cl)ccc1I. The molecule has 0 fully saturated rings. The number of halogens is 2. The van der Waals surface area contributed by atoms with E-state index in [0.29, 0.717) is 17.1 Å². The molecule has 0 saturated carbocycles. The van der Waals surface area contributed by atoms with Gasteiger partial charge in [0, 0.05) is 21.7 Å². The molecule has 1 aliphatic rings. The van der Waals surface area contributed by atoms with E-state index in [1.807, 2.05) is 6.07 Å². The summed E-state index contributed by atoms with van der Waals surface area (Å²) >= 11 is 8.07. The van der Waals surface area contributed by atoms with Crippen molar-refractivity contribution < 1.29 is 4.79 Å². The molecule has 1 heterocycles. The van der Waals surface area contributed by atoms with Gasteiger partial charge in [0.1, 0.15) is 0 Å². The quantitative estimate of drug-likeness (QED) is 0.613. The van der Waals surface area contributed by atoms with Crippen molar-refractivity contribution in [1.29, 1.82) is 0 Å². The normalized spacial score (nSPS) is 14.9. The first kappa shape index (κ1) is 14.8. The van der Waals surface area contributed by atoms with E-state index in [0.717, 1.165) is 29.5 Å². The van der Waals surface area contributed by atoms with E-state index in [-0.39, 0.29) is 5.91 Å². The van der Waals surface area contributed by atoms with Gasteiger partial charge in [-0.3, -0.25) is 4.79 Å². The fraction of sp³-hybridized carbons (Fsp3) is 0.357. The van der Waals surface area contributed by atoms with Crippen LogP contribution in [0.1, 0.15) is 23.2 Å². The highest BCUT2D eigenvalue weighted by molar-refractivity contribution is 14.1. The predicted molar refractivity (Wildman–Crippen MR) is 86.7 cm³/mol. The summed E-state index contributed by atoms with van der Waals surface area (Å²) in [6.07, 6.45) is 4.20. The lowest BCUT2D eigenvalue weighted by Crippen LogP contribution is -2.27. The Morgan fingerprint density at radius 1 is 1.47 bits per heavy atom. The number of rotatable bonds is 4. The second-order valence-corrected chi connectivity index (χ2v) is 6.05. The van der Waals surface area contributed by atoms with Crippen molar-refractivity contribution in [3.05, 3.63) is 44.0 Å². The van der Waals surface area contributed by atoms with E-state index in [4.69, 9.17) is 11.6 Å². The van der Waals surface area contributed by atoms with Crippen molar-refractivity contribution in [1.82, 2.24) is 10.6 Å². The summed E-state index contributed by atoms with van der Waals surface area (Å²) in [7, 11) is 0. The third kappa shape index (κ3) is 4.47. The van der Waals surface area contributed by atoms with Crippen LogP contribution in [0.3, 0.4) is 0 Å². The lowest BCUT2D eigenvalue weighted by molar-refractivity contribution is 0.0953. The zero-order chi connectivity index (χ0) is 13.7. The molecule has 2 N–H and O–H groups in total. The van der Waals surface area contributed by atoms with Crippen LogP contribution in [0.5, 0.6) is 0 Å². The van der Waals surface area contributed by atoms with Gasteiger partial charge in [-0.2, -0.15) is 0 Å². The number of hydrogen-bond acceptors (Lipinski definition) is 2. The standard InChI is InChI=1S/C14H16ClIN2O/c15-11-1-2-13(16)12(9-11)14(19)18-8-5-10-3-6-17-7-4-10/h1-3,9,17H,4-8H2,(H,18,19). The second-order valence-electron chi connectivity index (χ2n) is 4.45. The van der Waals surface area contributed by atoms with E-state index in [1.165, 1.54) is 5.57 Å². The van der Waals surface area contributed by atoms with Crippen LogP contribution < -0.4 is 10.6 Å². The Bertz CT molecular complexity index is 502. The molecule has 0 unspecified atom stereocenters. The van der Waals surface area contributed by atoms with Crippen molar-refractivity contribution in [3.8, 4) is 0 Å². The number of hydrogen-bond donors (Lipinski definition) is 2. The van der Waals surface area contributed by atoms with Gasteiger partial charge in [0.25, 0.3) is 5.91 Å². The summed E-state index contributed by atoms with van der Waals surface area (Å²) in [4.78, 5) is 12.1. The highest BCUT2D eigenvalue weighted by Gasteiger charge is 2.10. The van der Waals surface area contributed by atoms with Gasteiger partial charge in [-0.05, 0) is 60.2 Å². The van der Waals surface area contributed by atoms with E-state index in [1.54, 1.807) is 12.1 Å². The first-order valence-electron chi connectivity index (χ1n) is 6.28. The molecule has 3 nitrogen and oxygen atoms in total. The van der Waals surface area contributed by atoms with Crippen LogP contribution in [-0.2, 0) is 0 Å². The van der Waals surface area contributed by atoms with Crippen LogP contribution in [-0.4, -0.2) is 25.5 Å². The Morgan fingerprint density at radius 3 is 3.05 bits per heavy atom. The molecule has 1 aromatic rings. The Balaban J connectivity index is 1.87. The van der Waals surface area contributed by atoms with E-state index >= 15 is 0 Å². The predicted octanol–water partition coefficient (Wildman–Crippen LogP) is 2.98. The molecule has 5 heteroatoms. The molecule has 0 radical (unpaired) electrons. The Hall–Kier alpha value is -0.590. The van der Waals surface area contributed by atoms with Gasteiger partial charge >= 0.3 is 0 Å². The second kappa shape index (κ2) is 7.26. The van der Waals surface area contributed by atoms with Crippen LogP contribution in [0.15, 0.2) is 29.8 Å². The van der Waals surface area contributed by atoms with E-state index < -0.39 is 0 Å². The van der Waals surface area contributed by atoms with Gasteiger partial charge in [-0.25, -0.2) is 0 Å². The Morgan fingerprint density at radius 2 is 2.32 bits per heavy atom. The number of benzene rings is 1. The molecular weight excluding hydrogens is 375 g/mol. The zero-order valence-electron chi connectivity index (χ0n) is 10.5. The maximum absolute atomic E-state index is 12.1. The average molecular weight is 391 g/mol. The molecule has 0 aromatic heterocycles. The van der Waals surface area contributed by atoms with Crippen molar-refractivity contribution in [3.63, 3.8) is 0 Å². The highest BCUT2D eigenvalue weighted by atomic mass is 127. The summed E-state index contributed by atoms with van der Waals surface area (Å²) < 4.78 is 0.917. The summed E-state index contributed by atoms with van der Waals surface area (Å²) in [6.45, 7) is 2.65. The minimum Gasteiger partial charge on any atom is -0.352 e. The van der Waals surface area contributed by atoms with E-state index in [2.05, 4.69) is 39.3 Å². The van der Waals surface area contributed by atoms with Crippen LogP contribution in [0.25, 0.3) is 0 Å². The van der Waals surface area contributed by atoms with Gasteiger partial charge in [0.15, 0.2) is 0 Å². The van der Waals surface area contributed by atoms with Gasteiger partial charge in [-0.15, -0.1) is 0 Å². The van der Waals surface area contributed by atoms with Crippen LogP contribution in [0.2, 0.25) is 5.02 Å². The molecule has 102 valence electrons. The molecule has 0 spiro atoms. The molecule has 0 aliphatic carbocycles. The minimum absolute atomic E-state index is 0.0542. The fourth-order valence-electron chi connectivity index (χ4n) is 2.00. The van der Waals surface area contributed by atoms with Crippen molar-refractivity contribution in [2.24, 2.45) is 0 Å². The van der Waals surface area contributed by atoms with Gasteiger partial charge in [-0.1, -0.05) is 23.3 Å². The first-order chi connectivity index (χ1) is 9.16. The van der Waals surface area contributed by atoms with Crippen molar-refractivity contribution in [2.45, 2.75) is 12.8 Å². The topological polar surface area (TPSA) is 41.1 Å². The van der Waals surface area contributed by atoms with Gasteiger partial charge in [0.2, 0.25) is 0 Å².